The van der Waals surface area contributed by atoms with Crippen molar-refractivity contribution in [1.82, 2.24) is 20.3 Å². The zero-order valence-corrected chi connectivity index (χ0v) is 19.3. The Kier molecular flexibility index (Phi) is 6.88. The standard InChI is InChI=1S/C18H30N4O9S/c1-18(2,3)29-17(25)20(4)11-5-7-13(9-11)30-19-15(23)14-8-6-12-10-21(14)16(24)22(12)31-32(26,27)28/h11-14H,5-10H2,1-4H3,(H,19,23)(H,26,27,28)/t11-,12+,13-,14-/m0/s1. The highest BCUT2D eigenvalue weighted by molar-refractivity contribution is 7.80. The van der Waals surface area contributed by atoms with E-state index in [4.69, 9.17) is 14.1 Å². The van der Waals surface area contributed by atoms with Crippen LogP contribution in [0.25, 0.3) is 0 Å². The lowest BCUT2D eigenvalue weighted by Gasteiger charge is -2.29. The Morgan fingerprint density at radius 1 is 1.19 bits per heavy atom. The highest BCUT2D eigenvalue weighted by atomic mass is 32.3. The molecule has 14 heteroatoms. The van der Waals surface area contributed by atoms with E-state index < -0.39 is 46.1 Å². The molecule has 0 aromatic heterocycles. The summed E-state index contributed by atoms with van der Waals surface area (Å²) in [6.45, 7) is 5.48. The van der Waals surface area contributed by atoms with Crippen molar-refractivity contribution < 1.29 is 41.2 Å². The second-order valence-corrected chi connectivity index (χ2v) is 10.3. The molecule has 3 fully saturated rings. The van der Waals surface area contributed by atoms with Gasteiger partial charge in [-0.15, -0.1) is 4.28 Å². The van der Waals surface area contributed by atoms with Crippen molar-refractivity contribution in [1.29, 1.82) is 0 Å². The van der Waals surface area contributed by atoms with Crippen molar-refractivity contribution in [2.75, 3.05) is 13.6 Å². The molecule has 1 saturated carbocycles. The van der Waals surface area contributed by atoms with Gasteiger partial charge >= 0.3 is 22.5 Å². The molecular formula is C18H30N4O9S. The summed E-state index contributed by atoms with van der Waals surface area (Å²) in [5.74, 6) is -0.533. The van der Waals surface area contributed by atoms with Gasteiger partial charge in [0, 0.05) is 19.6 Å². The van der Waals surface area contributed by atoms with E-state index in [0.29, 0.717) is 30.7 Å². The maximum atomic E-state index is 12.6. The molecule has 13 nitrogen and oxygen atoms in total. The summed E-state index contributed by atoms with van der Waals surface area (Å²) in [6, 6.07) is -2.33. The van der Waals surface area contributed by atoms with Crippen LogP contribution in [0.15, 0.2) is 0 Å². The minimum Gasteiger partial charge on any atom is -0.444 e. The molecule has 0 spiro atoms. The minimum absolute atomic E-state index is 0.0894. The number of ether oxygens (including phenoxy) is 1. The molecule has 2 N–H and O–H groups in total. The Labute approximate surface area is 186 Å². The summed E-state index contributed by atoms with van der Waals surface area (Å²) in [6.07, 6.45) is 1.71. The third-order valence-electron chi connectivity index (χ3n) is 5.71. The van der Waals surface area contributed by atoms with Gasteiger partial charge in [-0.3, -0.25) is 14.2 Å². The van der Waals surface area contributed by atoms with Gasteiger partial charge in [-0.2, -0.15) is 13.5 Å². The fraction of sp³-hybridized carbons (Fsp3) is 0.833. The molecule has 2 saturated heterocycles. The maximum Gasteiger partial charge on any atom is 0.418 e. The summed E-state index contributed by atoms with van der Waals surface area (Å²) in [5, 5.41) is 0.581. The number of fused-ring (bicyclic) bond motifs is 2. The van der Waals surface area contributed by atoms with Crippen molar-refractivity contribution in [3.63, 3.8) is 0 Å². The molecule has 0 aromatic carbocycles. The number of nitrogens with one attached hydrogen (secondary N) is 1. The number of piperidine rings is 1. The SMILES string of the molecule is CN(C(=O)OC(C)(C)C)[C@H]1CC[C@H](ONC(=O)[C@@H]2CC[C@@H]3CN2C(=O)N3OS(=O)(=O)O)C1. The maximum absolute atomic E-state index is 12.6. The number of hydrogen-bond acceptors (Lipinski definition) is 8. The van der Waals surface area contributed by atoms with Crippen LogP contribution < -0.4 is 5.48 Å². The van der Waals surface area contributed by atoms with Gasteiger partial charge in [-0.1, -0.05) is 0 Å². The predicted molar refractivity (Wildman–Crippen MR) is 108 cm³/mol. The van der Waals surface area contributed by atoms with E-state index in [1.807, 2.05) is 0 Å². The molecule has 2 bridgehead atoms. The normalized spacial score (nSPS) is 28.1. The first-order valence-electron chi connectivity index (χ1n) is 10.4. The van der Waals surface area contributed by atoms with Gasteiger partial charge in [-0.05, 0) is 52.9 Å². The molecule has 4 atom stereocenters. The fourth-order valence-electron chi connectivity index (χ4n) is 4.17. The van der Waals surface area contributed by atoms with Crippen molar-refractivity contribution in [2.45, 2.75) is 82.7 Å². The van der Waals surface area contributed by atoms with E-state index in [1.165, 1.54) is 9.80 Å². The van der Waals surface area contributed by atoms with Gasteiger partial charge in [0.15, 0.2) is 0 Å². The molecule has 2 heterocycles. The fourth-order valence-corrected chi connectivity index (χ4v) is 4.56. The van der Waals surface area contributed by atoms with Crippen LogP contribution in [0.3, 0.4) is 0 Å². The van der Waals surface area contributed by atoms with E-state index >= 15 is 0 Å². The number of hydroxylamine groups is 3. The zero-order chi connectivity index (χ0) is 23.8. The predicted octanol–water partition coefficient (Wildman–Crippen LogP) is 0.825. The summed E-state index contributed by atoms with van der Waals surface area (Å²) >= 11 is 0. The Morgan fingerprint density at radius 3 is 2.50 bits per heavy atom. The lowest BCUT2D eigenvalue weighted by atomic mass is 10.0. The van der Waals surface area contributed by atoms with Crippen LogP contribution >= 0.6 is 0 Å². The summed E-state index contributed by atoms with van der Waals surface area (Å²) in [4.78, 5) is 45.5. The Hall–Kier alpha value is -2.16. The molecule has 0 radical (unpaired) electrons. The van der Waals surface area contributed by atoms with Crippen LogP contribution in [-0.4, -0.2) is 89.3 Å². The number of carbonyl (C=O) groups is 3. The second-order valence-electron chi connectivity index (χ2n) is 9.27. The lowest BCUT2D eigenvalue weighted by Crippen LogP contribution is -2.50. The smallest absolute Gasteiger partial charge is 0.418 e. The van der Waals surface area contributed by atoms with Gasteiger partial charge < -0.3 is 14.5 Å². The number of rotatable bonds is 6. The van der Waals surface area contributed by atoms with Gasteiger partial charge in [0.1, 0.15) is 11.6 Å². The largest absolute Gasteiger partial charge is 0.444 e. The molecule has 3 rings (SSSR count). The van der Waals surface area contributed by atoms with Crippen LogP contribution in [-0.2, 0) is 29.1 Å². The zero-order valence-electron chi connectivity index (χ0n) is 18.5. The second kappa shape index (κ2) is 9.00. The first-order chi connectivity index (χ1) is 14.7. The number of hydrogen-bond donors (Lipinski definition) is 2. The van der Waals surface area contributed by atoms with Gasteiger partial charge in [0.2, 0.25) is 0 Å². The molecule has 0 aromatic rings. The topological polar surface area (TPSA) is 155 Å². The van der Waals surface area contributed by atoms with E-state index in [9.17, 15) is 22.8 Å². The van der Waals surface area contributed by atoms with Crippen LogP contribution in [0.4, 0.5) is 9.59 Å². The minimum atomic E-state index is -4.85. The van der Waals surface area contributed by atoms with Crippen LogP contribution in [0.5, 0.6) is 0 Å². The molecule has 182 valence electrons. The first-order valence-corrected chi connectivity index (χ1v) is 11.8. The lowest BCUT2D eigenvalue weighted by molar-refractivity contribution is -0.143. The Bertz CT molecular complexity index is 859. The van der Waals surface area contributed by atoms with Crippen LogP contribution in [0, 0.1) is 0 Å². The third kappa shape index (κ3) is 5.79. The molecule has 1 aliphatic carbocycles. The molecule has 0 unspecified atom stereocenters. The van der Waals surface area contributed by atoms with Gasteiger partial charge in [-0.25, -0.2) is 15.1 Å². The van der Waals surface area contributed by atoms with Crippen LogP contribution in [0.1, 0.15) is 52.9 Å². The Balaban J connectivity index is 1.48. The van der Waals surface area contributed by atoms with E-state index in [1.54, 1.807) is 27.8 Å². The first kappa shape index (κ1) is 24.5. The summed E-state index contributed by atoms with van der Waals surface area (Å²) in [5.41, 5.74) is 1.80. The number of amides is 4. The number of nitrogens with zero attached hydrogens (tertiary/aromatic N) is 3. The average molecular weight is 479 g/mol. The van der Waals surface area contributed by atoms with Gasteiger partial charge in [0.05, 0.1) is 12.1 Å². The van der Waals surface area contributed by atoms with Crippen molar-refractivity contribution in [3.8, 4) is 0 Å². The highest BCUT2D eigenvalue weighted by Crippen LogP contribution is 2.31. The molecule has 2 aliphatic heterocycles. The molecule has 3 aliphatic rings. The molecular weight excluding hydrogens is 448 g/mol. The number of carbonyl (C=O) groups excluding carboxylic acids is 3. The van der Waals surface area contributed by atoms with E-state index in [2.05, 4.69) is 9.76 Å². The third-order valence-corrected chi connectivity index (χ3v) is 6.06. The van der Waals surface area contributed by atoms with Crippen LogP contribution in [0.2, 0.25) is 0 Å². The van der Waals surface area contributed by atoms with E-state index in [0.717, 1.165) is 0 Å². The summed E-state index contributed by atoms with van der Waals surface area (Å²) < 4.78 is 40.5. The van der Waals surface area contributed by atoms with Crippen molar-refractivity contribution in [2.24, 2.45) is 0 Å². The van der Waals surface area contributed by atoms with Gasteiger partial charge in [0.25, 0.3) is 5.91 Å². The van der Waals surface area contributed by atoms with Crippen molar-refractivity contribution in [3.05, 3.63) is 0 Å². The molecule has 4 amide bonds. The van der Waals surface area contributed by atoms with E-state index in [-0.39, 0.29) is 25.1 Å². The average Bonchev–Trinajstić information content (AvgIpc) is 3.23. The Morgan fingerprint density at radius 2 is 1.88 bits per heavy atom. The highest BCUT2D eigenvalue weighted by Gasteiger charge is 2.49. The summed E-state index contributed by atoms with van der Waals surface area (Å²) in [7, 11) is -3.19. The number of urea groups is 1. The quantitative estimate of drug-likeness (QED) is 0.417. The van der Waals surface area contributed by atoms with Crippen molar-refractivity contribution >= 4 is 28.4 Å². The monoisotopic (exact) mass is 478 g/mol. The molecule has 32 heavy (non-hydrogen) atoms.